The highest BCUT2D eigenvalue weighted by Crippen LogP contribution is 2.44. The first-order valence-electron chi connectivity index (χ1n) is 12.0. The summed E-state index contributed by atoms with van der Waals surface area (Å²) in [6.07, 6.45) is 8.02. The Bertz CT molecular complexity index is 1060. The number of hydrogen-bond acceptors (Lipinski definition) is 7. The molecular weight excluding hydrogens is 434 g/mol. The third-order valence-electron chi connectivity index (χ3n) is 7.12. The molecule has 1 atom stereocenters. The zero-order valence-corrected chi connectivity index (χ0v) is 19.1. The number of nitrogens with one attached hydrogen (secondary N) is 1. The molecule has 1 saturated carbocycles. The van der Waals surface area contributed by atoms with E-state index in [4.69, 9.17) is 4.74 Å². The van der Waals surface area contributed by atoms with Crippen LogP contribution in [0.3, 0.4) is 0 Å². The molecule has 34 heavy (non-hydrogen) atoms. The fraction of sp³-hybridized carbons (Fsp3) is 0.480. The Kier molecular flexibility index (Phi) is 6.17. The second kappa shape index (κ2) is 9.40. The van der Waals surface area contributed by atoms with E-state index in [1.807, 2.05) is 0 Å². The van der Waals surface area contributed by atoms with Gasteiger partial charge < -0.3 is 19.9 Å². The van der Waals surface area contributed by atoms with Gasteiger partial charge in [-0.05, 0) is 49.9 Å². The molecule has 0 radical (unpaired) electrons. The highest BCUT2D eigenvalue weighted by Gasteiger charge is 2.52. The van der Waals surface area contributed by atoms with Crippen molar-refractivity contribution < 1.29 is 19.1 Å². The molecule has 1 spiro atoms. The first-order valence-corrected chi connectivity index (χ1v) is 12.0. The van der Waals surface area contributed by atoms with E-state index in [1.54, 1.807) is 47.6 Å². The largest absolute Gasteiger partial charge is 0.458 e. The lowest BCUT2D eigenvalue weighted by molar-refractivity contribution is -0.153. The number of hydrogen-bond donors (Lipinski definition) is 1. The second-order valence-corrected chi connectivity index (χ2v) is 9.25. The normalized spacial score (nSPS) is 21.9. The molecule has 1 N–H and O–H groups in total. The van der Waals surface area contributed by atoms with Crippen molar-refractivity contribution in [3.8, 4) is 0 Å². The van der Waals surface area contributed by atoms with Crippen LogP contribution in [0.2, 0.25) is 0 Å². The first kappa shape index (κ1) is 22.3. The standard InChI is InChI=1S/C25H29N5O4/c31-21-17-20(25(34-21)8-2-1-3-9-25)22(32)28-19-7-4-6-18(16-19)23(33)29-12-14-30(15-13-29)24-26-10-5-11-27-24/h4-7,10-11,16,20H,1-3,8-9,12-15,17H2,(H,28,32)/t20-/m0/s1. The van der Waals surface area contributed by atoms with Crippen molar-refractivity contribution in [2.24, 2.45) is 5.92 Å². The fourth-order valence-corrected chi connectivity index (χ4v) is 5.33. The van der Waals surface area contributed by atoms with E-state index in [0.717, 1.165) is 32.1 Å². The Morgan fingerprint density at radius 2 is 1.74 bits per heavy atom. The minimum absolute atomic E-state index is 0.0761. The van der Waals surface area contributed by atoms with Gasteiger partial charge in [0.25, 0.3) is 5.91 Å². The van der Waals surface area contributed by atoms with Crippen molar-refractivity contribution >= 4 is 29.4 Å². The molecule has 178 valence electrons. The summed E-state index contributed by atoms with van der Waals surface area (Å²) in [4.78, 5) is 50.7. The maximum Gasteiger partial charge on any atom is 0.307 e. The number of amides is 2. The van der Waals surface area contributed by atoms with Crippen LogP contribution in [0, 0.1) is 5.92 Å². The van der Waals surface area contributed by atoms with Crippen molar-refractivity contribution in [3.63, 3.8) is 0 Å². The molecule has 2 saturated heterocycles. The fourth-order valence-electron chi connectivity index (χ4n) is 5.33. The van der Waals surface area contributed by atoms with E-state index in [9.17, 15) is 14.4 Å². The van der Waals surface area contributed by atoms with Gasteiger partial charge in [-0.2, -0.15) is 0 Å². The van der Waals surface area contributed by atoms with Crippen molar-refractivity contribution in [2.45, 2.75) is 44.1 Å². The summed E-state index contributed by atoms with van der Waals surface area (Å²) in [6.45, 7) is 2.45. The van der Waals surface area contributed by atoms with Crippen molar-refractivity contribution in [3.05, 3.63) is 48.3 Å². The third-order valence-corrected chi connectivity index (χ3v) is 7.12. The highest BCUT2D eigenvalue weighted by atomic mass is 16.6. The average molecular weight is 464 g/mol. The van der Waals surface area contributed by atoms with E-state index in [-0.39, 0.29) is 24.2 Å². The number of piperazine rings is 1. The quantitative estimate of drug-likeness (QED) is 0.695. The van der Waals surface area contributed by atoms with Crippen molar-refractivity contribution in [1.82, 2.24) is 14.9 Å². The van der Waals surface area contributed by atoms with Crippen LogP contribution in [0.15, 0.2) is 42.7 Å². The Morgan fingerprint density at radius 1 is 1.00 bits per heavy atom. The molecule has 5 rings (SSSR count). The summed E-state index contributed by atoms with van der Waals surface area (Å²) < 4.78 is 5.67. The van der Waals surface area contributed by atoms with Crippen LogP contribution in [-0.4, -0.2) is 64.4 Å². The minimum atomic E-state index is -0.672. The number of ether oxygens (including phenoxy) is 1. The van der Waals surface area contributed by atoms with Gasteiger partial charge in [0, 0.05) is 49.8 Å². The monoisotopic (exact) mass is 463 g/mol. The number of carbonyl (C=O) groups excluding carboxylic acids is 3. The second-order valence-electron chi connectivity index (χ2n) is 9.25. The molecule has 9 heteroatoms. The molecule has 0 bridgehead atoms. The summed E-state index contributed by atoms with van der Waals surface area (Å²) >= 11 is 0. The molecular formula is C25H29N5O4. The summed E-state index contributed by atoms with van der Waals surface area (Å²) in [7, 11) is 0. The number of carbonyl (C=O) groups is 3. The number of anilines is 2. The predicted octanol–water partition coefficient (Wildman–Crippen LogP) is 2.64. The lowest BCUT2D eigenvalue weighted by Gasteiger charge is -2.36. The Balaban J connectivity index is 1.23. The van der Waals surface area contributed by atoms with Crippen LogP contribution >= 0.6 is 0 Å². The Labute approximate surface area is 198 Å². The van der Waals surface area contributed by atoms with E-state index in [0.29, 0.717) is 43.4 Å². The van der Waals surface area contributed by atoms with Crippen molar-refractivity contribution in [2.75, 3.05) is 36.4 Å². The van der Waals surface area contributed by atoms with E-state index in [1.165, 1.54) is 0 Å². The number of aromatic nitrogens is 2. The molecule has 3 fully saturated rings. The van der Waals surface area contributed by atoms with Gasteiger partial charge in [0.05, 0.1) is 12.3 Å². The number of benzene rings is 1. The Morgan fingerprint density at radius 3 is 2.47 bits per heavy atom. The lowest BCUT2D eigenvalue weighted by Crippen LogP contribution is -2.49. The van der Waals surface area contributed by atoms with E-state index < -0.39 is 11.5 Å². The molecule has 2 aromatic rings. The molecule has 1 aromatic carbocycles. The average Bonchev–Trinajstić information content (AvgIpc) is 3.19. The zero-order chi connectivity index (χ0) is 23.5. The summed E-state index contributed by atoms with van der Waals surface area (Å²) in [5.41, 5.74) is 0.403. The number of rotatable bonds is 4. The number of nitrogens with zero attached hydrogens (tertiary/aromatic N) is 4. The maximum atomic E-state index is 13.1. The molecule has 2 aliphatic heterocycles. The minimum Gasteiger partial charge on any atom is -0.458 e. The van der Waals surface area contributed by atoms with Crippen LogP contribution in [-0.2, 0) is 14.3 Å². The molecule has 2 amide bonds. The van der Waals surface area contributed by atoms with Gasteiger partial charge in [-0.15, -0.1) is 0 Å². The predicted molar refractivity (Wildman–Crippen MR) is 125 cm³/mol. The molecule has 3 aliphatic rings. The SMILES string of the molecule is O=C1C[C@@H](C(=O)Nc2cccc(C(=O)N3CCN(c4ncccn4)CC3)c2)C2(CCCCC2)O1. The van der Waals surface area contributed by atoms with Crippen molar-refractivity contribution in [1.29, 1.82) is 0 Å². The smallest absolute Gasteiger partial charge is 0.307 e. The molecule has 1 aromatic heterocycles. The van der Waals surface area contributed by atoms with Crippen LogP contribution in [0.25, 0.3) is 0 Å². The maximum absolute atomic E-state index is 13.1. The summed E-state index contributed by atoms with van der Waals surface area (Å²) in [5, 5.41) is 2.94. The van der Waals surface area contributed by atoms with Gasteiger partial charge in [-0.1, -0.05) is 12.5 Å². The zero-order valence-electron chi connectivity index (χ0n) is 19.1. The molecule has 9 nitrogen and oxygen atoms in total. The summed E-state index contributed by atoms with van der Waals surface area (Å²) in [6, 6.07) is 8.78. The van der Waals surface area contributed by atoms with Gasteiger partial charge in [0.2, 0.25) is 11.9 Å². The van der Waals surface area contributed by atoms with E-state index in [2.05, 4.69) is 20.2 Å². The number of esters is 1. The molecule has 1 aliphatic carbocycles. The van der Waals surface area contributed by atoms with Gasteiger partial charge in [0.1, 0.15) is 5.60 Å². The first-order chi connectivity index (χ1) is 16.5. The van der Waals surface area contributed by atoms with Gasteiger partial charge in [-0.3, -0.25) is 14.4 Å². The van der Waals surface area contributed by atoms with Crippen LogP contribution < -0.4 is 10.2 Å². The topological polar surface area (TPSA) is 105 Å². The Hall–Kier alpha value is -3.49. The highest BCUT2D eigenvalue weighted by molar-refractivity contribution is 5.99. The van der Waals surface area contributed by atoms with Crippen LogP contribution in [0.4, 0.5) is 11.6 Å². The van der Waals surface area contributed by atoms with Gasteiger partial charge in [-0.25, -0.2) is 9.97 Å². The van der Waals surface area contributed by atoms with Gasteiger partial charge in [0.15, 0.2) is 0 Å². The lowest BCUT2D eigenvalue weighted by atomic mass is 9.75. The molecule has 0 unspecified atom stereocenters. The van der Waals surface area contributed by atoms with Crippen LogP contribution in [0.5, 0.6) is 0 Å². The molecule has 3 heterocycles. The van der Waals surface area contributed by atoms with Crippen LogP contribution in [0.1, 0.15) is 48.9 Å². The summed E-state index contributed by atoms with van der Waals surface area (Å²) in [5.74, 6) is -0.412. The third kappa shape index (κ3) is 4.47. The van der Waals surface area contributed by atoms with E-state index >= 15 is 0 Å². The van der Waals surface area contributed by atoms with Gasteiger partial charge >= 0.3 is 5.97 Å².